The Morgan fingerprint density at radius 3 is 1.67 bits per heavy atom. The number of ether oxygens (including phenoxy) is 1. The Balaban J connectivity index is 1.85. The Hall–Kier alpha value is -3.56. The van der Waals surface area contributed by atoms with E-state index in [9.17, 15) is 10.5 Å². The van der Waals surface area contributed by atoms with E-state index < -0.39 is 0 Å². The van der Waals surface area contributed by atoms with E-state index in [4.69, 9.17) is 4.74 Å². The second kappa shape index (κ2) is 12.5. The van der Waals surface area contributed by atoms with Gasteiger partial charge in [0.1, 0.15) is 17.9 Å². The van der Waals surface area contributed by atoms with Gasteiger partial charge in [0.05, 0.1) is 17.7 Å². The highest BCUT2D eigenvalue weighted by atomic mass is 16.5. The molecule has 3 rings (SSSR count). The van der Waals surface area contributed by atoms with Crippen LogP contribution in [0, 0.1) is 22.7 Å². The summed E-state index contributed by atoms with van der Waals surface area (Å²) in [5, 5.41) is 19.8. The second-order valence-electron chi connectivity index (χ2n) is 8.37. The fourth-order valence-corrected chi connectivity index (χ4v) is 4.02. The molecule has 33 heavy (non-hydrogen) atoms. The van der Waals surface area contributed by atoms with Crippen molar-refractivity contribution in [3.8, 4) is 40.1 Å². The zero-order valence-corrected chi connectivity index (χ0v) is 19.7. The van der Waals surface area contributed by atoms with Crippen LogP contribution in [0.1, 0.15) is 69.1 Å². The van der Waals surface area contributed by atoms with Crippen LogP contribution >= 0.6 is 0 Å². The molecular formula is C30H32N2O. The lowest BCUT2D eigenvalue weighted by Gasteiger charge is -2.12. The van der Waals surface area contributed by atoms with Crippen molar-refractivity contribution in [2.24, 2.45) is 0 Å². The van der Waals surface area contributed by atoms with Crippen molar-refractivity contribution in [3.05, 3.63) is 77.4 Å². The molecule has 3 heteroatoms. The third-order valence-corrected chi connectivity index (χ3v) is 5.94. The first-order valence-corrected chi connectivity index (χ1v) is 12.0. The van der Waals surface area contributed by atoms with Crippen molar-refractivity contribution in [1.82, 2.24) is 0 Å². The van der Waals surface area contributed by atoms with Crippen LogP contribution in [0.4, 0.5) is 0 Å². The second-order valence-corrected chi connectivity index (χ2v) is 8.37. The standard InChI is InChI=1S/C30H32N2O/c1-3-5-7-9-23-10-12-24(13-11-23)27-18-19-28(30(22-32)29(27)21-31)25-14-16-26(17-15-25)33-20-8-6-4-2/h10-19H,3-9,20H2,1-2H3. The van der Waals surface area contributed by atoms with Crippen LogP contribution in [-0.4, -0.2) is 6.61 Å². The van der Waals surface area contributed by atoms with Crippen LogP contribution in [-0.2, 0) is 6.42 Å². The first kappa shape index (κ1) is 24.1. The van der Waals surface area contributed by atoms with Gasteiger partial charge in [-0.25, -0.2) is 0 Å². The van der Waals surface area contributed by atoms with E-state index in [-0.39, 0.29) is 0 Å². The topological polar surface area (TPSA) is 56.8 Å². The van der Waals surface area contributed by atoms with Crippen LogP contribution in [0.15, 0.2) is 60.7 Å². The van der Waals surface area contributed by atoms with E-state index in [1.165, 1.54) is 31.2 Å². The van der Waals surface area contributed by atoms with E-state index >= 15 is 0 Å². The average molecular weight is 437 g/mol. The maximum absolute atomic E-state index is 9.92. The van der Waals surface area contributed by atoms with Gasteiger partial charge in [0.25, 0.3) is 0 Å². The summed E-state index contributed by atoms with van der Waals surface area (Å²) in [7, 11) is 0. The highest BCUT2D eigenvalue weighted by Crippen LogP contribution is 2.34. The van der Waals surface area contributed by atoms with Crippen molar-refractivity contribution in [3.63, 3.8) is 0 Å². The Bertz CT molecular complexity index is 1120. The summed E-state index contributed by atoms with van der Waals surface area (Å²) in [6.45, 7) is 5.09. The van der Waals surface area contributed by atoms with Gasteiger partial charge >= 0.3 is 0 Å². The molecule has 0 aliphatic carbocycles. The summed E-state index contributed by atoms with van der Waals surface area (Å²) in [6.07, 6.45) is 8.08. The lowest BCUT2D eigenvalue weighted by molar-refractivity contribution is 0.306. The van der Waals surface area contributed by atoms with Crippen molar-refractivity contribution in [2.75, 3.05) is 6.61 Å². The Morgan fingerprint density at radius 2 is 1.15 bits per heavy atom. The molecular weight excluding hydrogens is 404 g/mol. The number of hydrogen-bond donors (Lipinski definition) is 0. The zero-order chi connectivity index (χ0) is 23.5. The fourth-order valence-electron chi connectivity index (χ4n) is 4.02. The molecule has 3 nitrogen and oxygen atoms in total. The SMILES string of the molecule is CCCCCOc1ccc(-c2ccc(-c3ccc(CCCCC)cc3)c(C#N)c2C#N)cc1. The molecule has 0 aliphatic heterocycles. The minimum Gasteiger partial charge on any atom is -0.494 e. The fraction of sp³-hybridized carbons (Fsp3) is 0.333. The highest BCUT2D eigenvalue weighted by molar-refractivity contribution is 5.82. The number of unbranched alkanes of at least 4 members (excludes halogenated alkanes) is 4. The van der Waals surface area contributed by atoms with Crippen LogP contribution < -0.4 is 4.74 Å². The smallest absolute Gasteiger partial charge is 0.119 e. The van der Waals surface area contributed by atoms with Crippen molar-refractivity contribution in [1.29, 1.82) is 10.5 Å². The number of nitrogens with zero attached hydrogens (tertiary/aromatic N) is 2. The number of aryl methyl sites for hydroxylation is 1. The molecule has 0 N–H and O–H groups in total. The Kier molecular flexibility index (Phi) is 9.10. The van der Waals surface area contributed by atoms with Crippen LogP contribution in [0.5, 0.6) is 5.75 Å². The first-order valence-electron chi connectivity index (χ1n) is 12.0. The van der Waals surface area contributed by atoms with Gasteiger partial charge in [-0.2, -0.15) is 10.5 Å². The maximum Gasteiger partial charge on any atom is 0.119 e. The molecule has 0 heterocycles. The van der Waals surface area contributed by atoms with Crippen LogP contribution in [0.2, 0.25) is 0 Å². The summed E-state index contributed by atoms with van der Waals surface area (Å²) >= 11 is 0. The molecule has 0 saturated carbocycles. The molecule has 0 bridgehead atoms. The molecule has 0 unspecified atom stereocenters. The zero-order valence-electron chi connectivity index (χ0n) is 19.7. The van der Waals surface area contributed by atoms with Crippen molar-refractivity contribution >= 4 is 0 Å². The molecule has 168 valence electrons. The van der Waals surface area contributed by atoms with Gasteiger partial charge < -0.3 is 4.74 Å². The molecule has 0 radical (unpaired) electrons. The van der Waals surface area contributed by atoms with E-state index in [1.54, 1.807) is 0 Å². The summed E-state index contributed by atoms with van der Waals surface area (Å²) < 4.78 is 5.80. The van der Waals surface area contributed by atoms with Gasteiger partial charge in [-0.1, -0.05) is 88.1 Å². The van der Waals surface area contributed by atoms with E-state index in [0.717, 1.165) is 47.3 Å². The van der Waals surface area contributed by atoms with Crippen LogP contribution in [0.3, 0.4) is 0 Å². The lowest BCUT2D eigenvalue weighted by atomic mass is 9.90. The molecule has 3 aromatic rings. The van der Waals surface area contributed by atoms with Crippen molar-refractivity contribution in [2.45, 2.75) is 58.8 Å². The molecule has 0 aliphatic rings. The minimum absolute atomic E-state index is 0.415. The summed E-state index contributed by atoms with van der Waals surface area (Å²) in [6, 6.07) is 24.6. The van der Waals surface area contributed by atoms with E-state index in [2.05, 4.69) is 50.3 Å². The Morgan fingerprint density at radius 1 is 0.636 bits per heavy atom. The highest BCUT2D eigenvalue weighted by Gasteiger charge is 2.16. The van der Waals surface area contributed by atoms with E-state index in [0.29, 0.717) is 17.7 Å². The minimum atomic E-state index is 0.415. The molecule has 0 aromatic heterocycles. The summed E-state index contributed by atoms with van der Waals surface area (Å²) in [5.41, 5.74) is 5.58. The summed E-state index contributed by atoms with van der Waals surface area (Å²) in [4.78, 5) is 0. The van der Waals surface area contributed by atoms with Gasteiger partial charge in [-0.15, -0.1) is 0 Å². The number of nitriles is 2. The van der Waals surface area contributed by atoms with Gasteiger partial charge in [0.2, 0.25) is 0 Å². The normalized spacial score (nSPS) is 10.4. The molecule has 0 amide bonds. The molecule has 0 atom stereocenters. The summed E-state index contributed by atoms with van der Waals surface area (Å²) in [5.74, 6) is 0.824. The van der Waals surface area contributed by atoms with Gasteiger partial charge in [-0.3, -0.25) is 0 Å². The number of rotatable bonds is 11. The maximum atomic E-state index is 9.92. The Labute approximate surface area is 198 Å². The molecule has 3 aromatic carbocycles. The van der Waals surface area contributed by atoms with Crippen molar-refractivity contribution < 1.29 is 4.74 Å². The molecule has 0 saturated heterocycles. The number of hydrogen-bond acceptors (Lipinski definition) is 3. The van der Waals surface area contributed by atoms with Gasteiger partial charge in [0.15, 0.2) is 0 Å². The molecule has 0 spiro atoms. The predicted octanol–water partition coefficient (Wildman–Crippen LogP) is 8.07. The largest absolute Gasteiger partial charge is 0.494 e. The van der Waals surface area contributed by atoms with Gasteiger partial charge in [-0.05, 0) is 48.1 Å². The quantitative estimate of drug-likeness (QED) is 0.286. The lowest BCUT2D eigenvalue weighted by Crippen LogP contribution is -1.97. The van der Waals surface area contributed by atoms with Crippen LogP contribution in [0.25, 0.3) is 22.3 Å². The predicted molar refractivity (Wildman–Crippen MR) is 135 cm³/mol. The monoisotopic (exact) mass is 436 g/mol. The molecule has 0 fully saturated rings. The number of benzene rings is 3. The van der Waals surface area contributed by atoms with Gasteiger partial charge in [0, 0.05) is 11.1 Å². The first-order chi connectivity index (χ1) is 16.2. The third kappa shape index (κ3) is 6.24. The average Bonchev–Trinajstić information content (AvgIpc) is 2.86. The van der Waals surface area contributed by atoms with E-state index in [1.807, 2.05) is 36.4 Å². The third-order valence-electron chi connectivity index (χ3n) is 5.94.